The Hall–Kier alpha value is -5.60. The molecule has 0 amide bonds. The molecule has 9 aromatic rings. The molecule has 0 bridgehead atoms. The normalized spacial score (nSPS) is 12.6. The van der Waals surface area contributed by atoms with Crippen LogP contribution >= 0.6 is 0 Å². The molecular formula is C48H42N2. The van der Waals surface area contributed by atoms with E-state index in [-0.39, 0.29) is 10.8 Å². The van der Waals surface area contributed by atoms with Gasteiger partial charge >= 0.3 is 0 Å². The molecule has 0 saturated carbocycles. The SMILES string of the molecule is CC(C)(C)c1ccc(N(c2ccc(C(C)(C)C)cc2)c2ccc3ccc4c(-n5c6ccccc6c6ccccc65)ccc5ccc2c3c54)cc1. The first-order valence-electron chi connectivity index (χ1n) is 17.8. The van der Waals surface area contributed by atoms with E-state index in [4.69, 9.17) is 0 Å². The summed E-state index contributed by atoms with van der Waals surface area (Å²) in [5.74, 6) is 0. The molecule has 0 unspecified atom stereocenters. The smallest absolute Gasteiger partial charge is 0.0541 e. The van der Waals surface area contributed by atoms with Crippen molar-refractivity contribution < 1.29 is 0 Å². The molecule has 2 heteroatoms. The minimum Gasteiger partial charge on any atom is -0.310 e. The summed E-state index contributed by atoms with van der Waals surface area (Å²) in [4.78, 5) is 2.44. The molecule has 0 radical (unpaired) electrons. The molecule has 9 rings (SSSR count). The van der Waals surface area contributed by atoms with Gasteiger partial charge in [0.2, 0.25) is 0 Å². The fourth-order valence-electron chi connectivity index (χ4n) is 7.99. The molecule has 8 aromatic carbocycles. The first-order chi connectivity index (χ1) is 24.1. The van der Waals surface area contributed by atoms with Gasteiger partial charge in [-0.1, -0.05) is 139 Å². The van der Waals surface area contributed by atoms with Gasteiger partial charge in [-0.05, 0) is 92.0 Å². The molecule has 1 heterocycles. The van der Waals surface area contributed by atoms with Crippen LogP contribution in [0.1, 0.15) is 52.7 Å². The average molecular weight is 647 g/mol. The number of hydrogen-bond acceptors (Lipinski definition) is 1. The third kappa shape index (κ3) is 4.70. The molecule has 0 saturated heterocycles. The maximum atomic E-state index is 2.46. The Bertz CT molecular complexity index is 2580. The lowest BCUT2D eigenvalue weighted by molar-refractivity contribution is 0.590. The zero-order valence-corrected chi connectivity index (χ0v) is 29.8. The summed E-state index contributed by atoms with van der Waals surface area (Å²) in [5, 5.41) is 10.2. The maximum absolute atomic E-state index is 2.46. The van der Waals surface area contributed by atoms with Gasteiger partial charge in [0.05, 0.1) is 22.4 Å². The van der Waals surface area contributed by atoms with E-state index in [9.17, 15) is 0 Å². The van der Waals surface area contributed by atoms with Gasteiger partial charge in [0.15, 0.2) is 0 Å². The van der Waals surface area contributed by atoms with Crippen molar-refractivity contribution in [1.82, 2.24) is 4.57 Å². The molecule has 244 valence electrons. The monoisotopic (exact) mass is 646 g/mol. The Morgan fingerprint density at radius 2 is 0.840 bits per heavy atom. The Kier molecular flexibility index (Phi) is 6.67. The number of hydrogen-bond donors (Lipinski definition) is 0. The van der Waals surface area contributed by atoms with Crippen molar-refractivity contribution in [2.45, 2.75) is 52.4 Å². The van der Waals surface area contributed by atoms with E-state index < -0.39 is 0 Å². The Morgan fingerprint density at radius 1 is 0.400 bits per heavy atom. The zero-order valence-electron chi connectivity index (χ0n) is 29.8. The van der Waals surface area contributed by atoms with E-state index in [2.05, 4.69) is 197 Å². The van der Waals surface area contributed by atoms with Crippen LogP contribution in [-0.2, 0) is 10.8 Å². The van der Waals surface area contributed by atoms with Crippen molar-refractivity contribution in [3.63, 3.8) is 0 Å². The standard InChI is InChI=1S/C48H42N2/c1-47(2,3)33-19-23-35(24-20-33)49(36-25-21-34(22-26-36)48(4,5)6)43-29-17-31-16-28-40-44(30-18-32-15-27-39(43)45(31)46(32)40)50-41-13-9-7-11-37(41)38-12-8-10-14-42(38)50/h7-30H,1-6H3. The van der Waals surface area contributed by atoms with Crippen molar-refractivity contribution in [1.29, 1.82) is 0 Å². The second-order valence-corrected chi connectivity index (χ2v) is 15.9. The van der Waals surface area contributed by atoms with E-state index in [0.717, 1.165) is 11.4 Å². The summed E-state index contributed by atoms with van der Waals surface area (Å²) >= 11 is 0. The highest BCUT2D eigenvalue weighted by molar-refractivity contribution is 6.27. The van der Waals surface area contributed by atoms with Crippen LogP contribution in [0, 0.1) is 0 Å². The molecule has 0 aliphatic heterocycles. The minimum atomic E-state index is 0.0821. The molecule has 0 aliphatic rings. The number of para-hydroxylation sites is 2. The fraction of sp³-hybridized carbons (Fsp3) is 0.167. The van der Waals surface area contributed by atoms with E-state index in [0.29, 0.717) is 0 Å². The Morgan fingerprint density at radius 3 is 1.36 bits per heavy atom. The van der Waals surface area contributed by atoms with E-state index in [1.54, 1.807) is 0 Å². The van der Waals surface area contributed by atoms with Crippen LogP contribution in [0.5, 0.6) is 0 Å². The van der Waals surface area contributed by atoms with Crippen LogP contribution in [-0.4, -0.2) is 4.57 Å². The molecule has 2 nitrogen and oxygen atoms in total. The number of fused-ring (bicyclic) bond motifs is 3. The zero-order chi connectivity index (χ0) is 34.4. The summed E-state index contributed by atoms with van der Waals surface area (Å²) in [6.07, 6.45) is 0. The van der Waals surface area contributed by atoms with Crippen LogP contribution in [0.3, 0.4) is 0 Å². The van der Waals surface area contributed by atoms with E-state index in [1.807, 2.05) is 0 Å². The summed E-state index contributed by atoms with van der Waals surface area (Å²) in [7, 11) is 0. The quantitative estimate of drug-likeness (QED) is 0.173. The first kappa shape index (κ1) is 30.5. The van der Waals surface area contributed by atoms with Crippen LogP contribution < -0.4 is 4.90 Å². The molecule has 0 fully saturated rings. The van der Waals surface area contributed by atoms with Gasteiger partial charge in [-0.15, -0.1) is 0 Å². The highest BCUT2D eigenvalue weighted by atomic mass is 15.1. The second kappa shape index (κ2) is 11.0. The molecule has 0 aliphatic carbocycles. The molecule has 1 aromatic heterocycles. The topological polar surface area (TPSA) is 8.17 Å². The lowest BCUT2D eigenvalue weighted by Crippen LogP contribution is -2.14. The van der Waals surface area contributed by atoms with Crippen LogP contribution in [0.25, 0.3) is 59.8 Å². The summed E-state index contributed by atoms with van der Waals surface area (Å²) in [5.41, 5.74) is 9.99. The van der Waals surface area contributed by atoms with Gasteiger partial charge < -0.3 is 9.47 Å². The molecular weight excluding hydrogens is 605 g/mol. The van der Waals surface area contributed by atoms with Gasteiger partial charge in [0.25, 0.3) is 0 Å². The third-order valence-electron chi connectivity index (χ3n) is 10.7. The van der Waals surface area contributed by atoms with Crippen molar-refractivity contribution >= 4 is 71.2 Å². The number of anilines is 3. The molecule has 0 N–H and O–H groups in total. The fourth-order valence-corrected chi connectivity index (χ4v) is 7.99. The number of rotatable bonds is 4. The lowest BCUT2D eigenvalue weighted by atomic mass is 9.86. The average Bonchev–Trinajstić information content (AvgIpc) is 3.45. The van der Waals surface area contributed by atoms with Gasteiger partial charge in [-0.3, -0.25) is 0 Å². The number of benzene rings is 8. The summed E-state index contributed by atoms with van der Waals surface area (Å²) < 4.78 is 2.46. The van der Waals surface area contributed by atoms with Crippen LogP contribution in [0.2, 0.25) is 0 Å². The Labute approximate surface area is 294 Å². The number of aromatic nitrogens is 1. The van der Waals surface area contributed by atoms with Crippen molar-refractivity contribution in [3.05, 3.63) is 157 Å². The largest absolute Gasteiger partial charge is 0.310 e. The minimum absolute atomic E-state index is 0.0821. The highest BCUT2D eigenvalue weighted by Gasteiger charge is 2.22. The molecule has 0 spiro atoms. The van der Waals surface area contributed by atoms with Gasteiger partial charge in [0.1, 0.15) is 0 Å². The molecule has 0 atom stereocenters. The third-order valence-corrected chi connectivity index (χ3v) is 10.7. The first-order valence-corrected chi connectivity index (χ1v) is 17.8. The predicted molar refractivity (Wildman–Crippen MR) is 217 cm³/mol. The predicted octanol–water partition coefficient (Wildman–Crippen LogP) is 13.7. The van der Waals surface area contributed by atoms with E-state index >= 15 is 0 Å². The van der Waals surface area contributed by atoms with E-state index in [1.165, 1.54) is 76.6 Å². The summed E-state index contributed by atoms with van der Waals surface area (Å²) in [6.45, 7) is 13.7. The summed E-state index contributed by atoms with van der Waals surface area (Å²) in [6, 6.07) is 54.4. The van der Waals surface area contributed by atoms with Crippen LogP contribution in [0.4, 0.5) is 17.1 Å². The lowest BCUT2D eigenvalue weighted by Gasteiger charge is -2.29. The van der Waals surface area contributed by atoms with Gasteiger partial charge in [-0.2, -0.15) is 0 Å². The van der Waals surface area contributed by atoms with Crippen molar-refractivity contribution in [2.75, 3.05) is 4.90 Å². The Balaban J connectivity index is 1.31. The van der Waals surface area contributed by atoms with Gasteiger partial charge in [0, 0.05) is 32.9 Å². The van der Waals surface area contributed by atoms with Crippen LogP contribution in [0.15, 0.2) is 146 Å². The second-order valence-electron chi connectivity index (χ2n) is 15.9. The van der Waals surface area contributed by atoms with Gasteiger partial charge in [-0.25, -0.2) is 0 Å². The highest BCUT2D eigenvalue weighted by Crippen LogP contribution is 2.46. The van der Waals surface area contributed by atoms with Crippen molar-refractivity contribution in [2.24, 2.45) is 0 Å². The van der Waals surface area contributed by atoms with Crippen molar-refractivity contribution in [3.8, 4) is 5.69 Å². The number of nitrogens with zero attached hydrogens (tertiary/aromatic N) is 2. The maximum Gasteiger partial charge on any atom is 0.0541 e. The molecule has 50 heavy (non-hydrogen) atoms.